The number of amides is 1. The Bertz CT molecular complexity index is 627. The number of nitrogens with one attached hydrogen (secondary N) is 2. The molecule has 0 heterocycles. The Kier molecular flexibility index (Phi) is 5.48. The van der Waals surface area contributed by atoms with Gasteiger partial charge in [-0.2, -0.15) is 0 Å². The smallest absolute Gasteiger partial charge is 0.255 e. The van der Waals surface area contributed by atoms with Gasteiger partial charge in [0, 0.05) is 17.8 Å². The number of rotatable bonds is 5. The van der Waals surface area contributed by atoms with E-state index in [1.807, 2.05) is 12.1 Å². The largest absolute Gasteiger partial charge is 0.385 e. The molecule has 0 saturated carbocycles. The molecule has 0 aliphatic rings. The van der Waals surface area contributed by atoms with E-state index in [4.69, 9.17) is 23.2 Å². The van der Waals surface area contributed by atoms with Gasteiger partial charge in [0.25, 0.3) is 5.91 Å². The molecule has 0 radical (unpaired) electrons. The highest BCUT2D eigenvalue weighted by Crippen LogP contribution is 2.29. The maximum atomic E-state index is 12.2. The molecule has 2 N–H and O–H groups in total. The van der Waals surface area contributed by atoms with E-state index in [0.717, 1.165) is 18.7 Å². The first-order chi connectivity index (χ1) is 10.1. The minimum atomic E-state index is -0.221. The van der Waals surface area contributed by atoms with Gasteiger partial charge in [-0.1, -0.05) is 36.2 Å². The highest BCUT2D eigenvalue weighted by Gasteiger charge is 2.10. The molecule has 5 heteroatoms. The minimum Gasteiger partial charge on any atom is -0.385 e. The molecule has 0 aromatic heterocycles. The van der Waals surface area contributed by atoms with E-state index >= 15 is 0 Å². The van der Waals surface area contributed by atoms with Crippen molar-refractivity contribution in [3.8, 4) is 0 Å². The summed E-state index contributed by atoms with van der Waals surface area (Å²) >= 11 is 12.0. The van der Waals surface area contributed by atoms with Crippen LogP contribution in [-0.2, 0) is 0 Å². The summed E-state index contributed by atoms with van der Waals surface area (Å²) in [6.07, 6.45) is 1.05. The predicted octanol–water partition coefficient (Wildman–Crippen LogP) is 5.07. The fourth-order valence-electron chi connectivity index (χ4n) is 1.80. The minimum absolute atomic E-state index is 0.221. The lowest BCUT2D eigenvalue weighted by Crippen LogP contribution is -2.12. The van der Waals surface area contributed by atoms with Gasteiger partial charge < -0.3 is 10.6 Å². The highest BCUT2D eigenvalue weighted by molar-refractivity contribution is 6.44. The maximum Gasteiger partial charge on any atom is 0.255 e. The fourth-order valence-corrected chi connectivity index (χ4v) is 2.15. The summed E-state index contributed by atoms with van der Waals surface area (Å²) in [7, 11) is 0. The molecule has 2 aromatic carbocycles. The third kappa shape index (κ3) is 4.13. The van der Waals surface area contributed by atoms with Crippen molar-refractivity contribution in [2.24, 2.45) is 0 Å². The molecular formula is C16H16Cl2N2O. The molecule has 0 atom stereocenters. The molecule has 0 bridgehead atoms. The van der Waals surface area contributed by atoms with Crippen molar-refractivity contribution in [3.05, 3.63) is 58.1 Å². The summed E-state index contributed by atoms with van der Waals surface area (Å²) < 4.78 is 0. The van der Waals surface area contributed by atoms with Crippen LogP contribution in [0.4, 0.5) is 11.4 Å². The summed E-state index contributed by atoms with van der Waals surface area (Å²) in [5.74, 6) is -0.221. The lowest BCUT2D eigenvalue weighted by Gasteiger charge is -2.09. The Balaban J connectivity index is 2.08. The van der Waals surface area contributed by atoms with Gasteiger partial charge in [0.2, 0.25) is 0 Å². The van der Waals surface area contributed by atoms with E-state index < -0.39 is 0 Å². The Morgan fingerprint density at radius 2 is 1.81 bits per heavy atom. The first kappa shape index (κ1) is 15.7. The fraction of sp³-hybridized carbons (Fsp3) is 0.188. The Labute approximate surface area is 134 Å². The molecule has 1 amide bonds. The van der Waals surface area contributed by atoms with Gasteiger partial charge in [-0.15, -0.1) is 0 Å². The van der Waals surface area contributed by atoms with Crippen LogP contribution in [0.1, 0.15) is 23.7 Å². The third-order valence-corrected chi connectivity index (χ3v) is 3.74. The van der Waals surface area contributed by atoms with E-state index in [1.165, 1.54) is 0 Å². The normalized spacial score (nSPS) is 10.2. The monoisotopic (exact) mass is 322 g/mol. The SMILES string of the molecule is CCCNc1ccc(C(=O)Nc2cccc(Cl)c2Cl)cc1. The number of carbonyl (C=O) groups excluding carboxylic acids is 1. The lowest BCUT2D eigenvalue weighted by atomic mass is 10.2. The summed E-state index contributed by atoms with van der Waals surface area (Å²) in [5, 5.41) is 6.76. The Morgan fingerprint density at radius 3 is 2.48 bits per heavy atom. The van der Waals surface area contributed by atoms with E-state index in [-0.39, 0.29) is 5.91 Å². The molecule has 0 fully saturated rings. The van der Waals surface area contributed by atoms with Crippen LogP contribution in [0.5, 0.6) is 0 Å². The number of benzene rings is 2. The van der Waals surface area contributed by atoms with Crippen LogP contribution in [0.15, 0.2) is 42.5 Å². The van der Waals surface area contributed by atoms with Crippen molar-refractivity contribution in [2.75, 3.05) is 17.2 Å². The van der Waals surface area contributed by atoms with Crippen LogP contribution in [0.25, 0.3) is 0 Å². The van der Waals surface area contributed by atoms with Crippen LogP contribution in [0, 0.1) is 0 Å². The molecule has 0 spiro atoms. The number of hydrogen-bond acceptors (Lipinski definition) is 2. The average molecular weight is 323 g/mol. The Hall–Kier alpha value is -1.71. The summed E-state index contributed by atoms with van der Waals surface area (Å²) in [5.41, 5.74) is 2.06. The van der Waals surface area contributed by atoms with Gasteiger partial charge in [0.05, 0.1) is 15.7 Å². The van der Waals surface area contributed by atoms with E-state index in [0.29, 0.717) is 21.3 Å². The van der Waals surface area contributed by atoms with Crippen LogP contribution < -0.4 is 10.6 Å². The maximum absolute atomic E-state index is 12.2. The second kappa shape index (κ2) is 7.34. The third-order valence-electron chi connectivity index (χ3n) is 2.93. The van der Waals surface area contributed by atoms with E-state index in [1.54, 1.807) is 30.3 Å². The van der Waals surface area contributed by atoms with Crippen LogP contribution in [-0.4, -0.2) is 12.5 Å². The number of halogens is 2. The van der Waals surface area contributed by atoms with Crippen LogP contribution in [0.3, 0.4) is 0 Å². The molecule has 2 aromatic rings. The van der Waals surface area contributed by atoms with Gasteiger partial charge in [-0.05, 0) is 42.8 Å². The van der Waals surface area contributed by atoms with Crippen LogP contribution in [0.2, 0.25) is 10.0 Å². The first-order valence-electron chi connectivity index (χ1n) is 6.71. The molecule has 21 heavy (non-hydrogen) atoms. The van der Waals surface area contributed by atoms with Crippen molar-refractivity contribution < 1.29 is 4.79 Å². The van der Waals surface area contributed by atoms with E-state index in [2.05, 4.69) is 17.6 Å². The van der Waals surface area contributed by atoms with Gasteiger partial charge in [-0.25, -0.2) is 0 Å². The quantitative estimate of drug-likeness (QED) is 0.807. The topological polar surface area (TPSA) is 41.1 Å². The zero-order valence-corrected chi connectivity index (χ0v) is 13.1. The molecule has 3 nitrogen and oxygen atoms in total. The number of anilines is 2. The summed E-state index contributed by atoms with van der Waals surface area (Å²) in [6.45, 7) is 3.01. The molecule has 0 aliphatic carbocycles. The average Bonchev–Trinajstić information content (AvgIpc) is 2.50. The summed E-state index contributed by atoms with van der Waals surface area (Å²) in [4.78, 5) is 12.2. The number of hydrogen-bond donors (Lipinski definition) is 2. The van der Waals surface area contributed by atoms with Crippen molar-refractivity contribution in [2.45, 2.75) is 13.3 Å². The highest BCUT2D eigenvalue weighted by atomic mass is 35.5. The lowest BCUT2D eigenvalue weighted by molar-refractivity contribution is 0.102. The van der Waals surface area contributed by atoms with Crippen molar-refractivity contribution in [3.63, 3.8) is 0 Å². The molecule has 0 saturated heterocycles. The molecular weight excluding hydrogens is 307 g/mol. The summed E-state index contributed by atoms with van der Waals surface area (Å²) in [6, 6.07) is 12.4. The van der Waals surface area contributed by atoms with Gasteiger partial charge in [-0.3, -0.25) is 4.79 Å². The Morgan fingerprint density at radius 1 is 1.10 bits per heavy atom. The van der Waals surface area contributed by atoms with E-state index in [9.17, 15) is 4.79 Å². The van der Waals surface area contributed by atoms with Gasteiger partial charge >= 0.3 is 0 Å². The number of carbonyl (C=O) groups is 1. The zero-order chi connectivity index (χ0) is 15.2. The standard InChI is InChI=1S/C16H16Cl2N2O/c1-2-10-19-12-8-6-11(7-9-12)16(21)20-14-5-3-4-13(17)15(14)18/h3-9,19H,2,10H2,1H3,(H,20,21). The second-order valence-corrected chi connectivity index (χ2v) is 5.34. The van der Waals surface area contributed by atoms with Crippen molar-refractivity contribution >= 4 is 40.5 Å². The molecule has 0 aliphatic heterocycles. The first-order valence-corrected chi connectivity index (χ1v) is 7.46. The molecule has 0 unspecified atom stereocenters. The second-order valence-electron chi connectivity index (χ2n) is 4.56. The zero-order valence-electron chi connectivity index (χ0n) is 11.6. The van der Waals surface area contributed by atoms with Crippen molar-refractivity contribution in [1.82, 2.24) is 0 Å². The van der Waals surface area contributed by atoms with Gasteiger partial charge in [0.1, 0.15) is 0 Å². The molecule has 110 valence electrons. The van der Waals surface area contributed by atoms with Gasteiger partial charge in [0.15, 0.2) is 0 Å². The van der Waals surface area contributed by atoms with Crippen LogP contribution >= 0.6 is 23.2 Å². The van der Waals surface area contributed by atoms with Crippen molar-refractivity contribution in [1.29, 1.82) is 0 Å². The predicted molar refractivity (Wildman–Crippen MR) is 89.6 cm³/mol. The molecule has 2 rings (SSSR count).